The van der Waals surface area contributed by atoms with Crippen LogP contribution >= 0.6 is 0 Å². The predicted molar refractivity (Wildman–Crippen MR) is 72.6 cm³/mol. The zero-order valence-corrected chi connectivity index (χ0v) is 11.4. The molecule has 6 heteroatoms. The number of halogens is 1. The van der Waals surface area contributed by atoms with Gasteiger partial charge in [0.25, 0.3) is 0 Å². The smallest absolute Gasteiger partial charge is 0.231 e. The highest BCUT2D eigenvalue weighted by Gasteiger charge is 2.24. The van der Waals surface area contributed by atoms with Crippen LogP contribution in [0.1, 0.15) is 25.5 Å². The van der Waals surface area contributed by atoms with Gasteiger partial charge >= 0.3 is 0 Å². The fraction of sp³-hybridized carbons (Fsp3) is 0.400. The molecule has 0 bridgehead atoms. The molecule has 4 rings (SSSR count). The van der Waals surface area contributed by atoms with E-state index in [1.165, 1.54) is 6.07 Å². The van der Waals surface area contributed by atoms with E-state index in [1.54, 1.807) is 23.1 Å². The molecule has 5 nitrogen and oxygen atoms in total. The highest BCUT2D eigenvalue weighted by molar-refractivity contribution is 5.74. The van der Waals surface area contributed by atoms with Crippen LogP contribution in [0.4, 0.5) is 4.39 Å². The lowest BCUT2D eigenvalue weighted by molar-refractivity contribution is -0.0394. The molecule has 0 amide bonds. The van der Waals surface area contributed by atoms with Gasteiger partial charge in [0.2, 0.25) is 6.79 Å². The van der Waals surface area contributed by atoms with Gasteiger partial charge in [0.05, 0.1) is 11.8 Å². The minimum atomic E-state index is -0.344. The Hall–Kier alpha value is -2.08. The number of benzene rings is 1. The second kappa shape index (κ2) is 5.04. The van der Waals surface area contributed by atoms with Crippen molar-refractivity contribution in [3.05, 3.63) is 30.3 Å². The molecular weight excluding hydrogens is 275 g/mol. The minimum absolute atomic E-state index is 0.0653. The molecule has 3 heterocycles. The molecule has 0 saturated carbocycles. The Bertz CT molecular complexity index is 665. The Morgan fingerprint density at radius 2 is 2.19 bits per heavy atom. The normalized spacial score (nSPS) is 20.7. The third-order valence-electron chi connectivity index (χ3n) is 3.83. The number of fused-ring (bicyclic) bond motifs is 1. The number of nitrogens with zero attached hydrogens (tertiary/aromatic N) is 2. The van der Waals surface area contributed by atoms with Crippen LogP contribution in [0.2, 0.25) is 0 Å². The van der Waals surface area contributed by atoms with Gasteiger partial charge in [0, 0.05) is 18.4 Å². The summed E-state index contributed by atoms with van der Waals surface area (Å²) in [6.07, 6.45) is 6.50. The highest BCUT2D eigenvalue weighted by Crippen LogP contribution is 2.43. The largest absolute Gasteiger partial charge is 0.454 e. The maximum absolute atomic E-state index is 14.2. The molecule has 1 atom stereocenters. The molecular formula is C15H15FN2O3. The van der Waals surface area contributed by atoms with Gasteiger partial charge in [0.1, 0.15) is 12.0 Å². The SMILES string of the molecule is Fc1ccc2c(c1-c1cnn(C3CCCCO3)c1)OCO2. The van der Waals surface area contributed by atoms with Crippen LogP contribution in [0.15, 0.2) is 24.5 Å². The Morgan fingerprint density at radius 1 is 1.24 bits per heavy atom. The van der Waals surface area contributed by atoms with Gasteiger partial charge in [-0.25, -0.2) is 9.07 Å². The minimum Gasteiger partial charge on any atom is -0.454 e. The number of hydrogen-bond donors (Lipinski definition) is 0. The van der Waals surface area contributed by atoms with Crippen molar-refractivity contribution in [1.29, 1.82) is 0 Å². The van der Waals surface area contributed by atoms with E-state index in [-0.39, 0.29) is 18.8 Å². The zero-order chi connectivity index (χ0) is 14.2. The molecule has 1 aromatic carbocycles. The lowest BCUT2D eigenvalue weighted by atomic mass is 10.1. The van der Waals surface area contributed by atoms with Crippen molar-refractivity contribution in [2.24, 2.45) is 0 Å². The van der Waals surface area contributed by atoms with E-state index >= 15 is 0 Å². The van der Waals surface area contributed by atoms with Gasteiger partial charge < -0.3 is 14.2 Å². The van der Waals surface area contributed by atoms with Gasteiger partial charge in [-0.3, -0.25) is 0 Å². The first kappa shape index (κ1) is 12.6. The summed E-state index contributed by atoms with van der Waals surface area (Å²) in [4.78, 5) is 0. The van der Waals surface area contributed by atoms with Crippen LogP contribution in [0.25, 0.3) is 11.1 Å². The average Bonchev–Trinajstić information content (AvgIpc) is 3.17. The van der Waals surface area contributed by atoms with Crippen LogP contribution < -0.4 is 9.47 Å². The molecule has 1 aromatic heterocycles. The maximum Gasteiger partial charge on any atom is 0.231 e. The molecule has 2 aliphatic rings. The Balaban J connectivity index is 1.71. The van der Waals surface area contributed by atoms with Gasteiger partial charge in [0.15, 0.2) is 11.5 Å². The number of ether oxygens (including phenoxy) is 3. The van der Waals surface area contributed by atoms with E-state index in [9.17, 15) is 4.39 Å². The first-order valence-electron chi connectivity index (χ1n) is 7.07. The van der Waals surface area contributed by atoms with Crippen molar-refractivity contribution >= 4 is 0 Å². The van der Waals surface area contributed by atoms with Crippen LogP contribution in [0, 0.1) is 5.82 Å². The van der Waals surface area contributed by atoms with E-state index in [0.29, 0.717) is 22.6 Å². The number of hydrogen-bond acceptors (Lipinski definition) is 4. The van der Waals surface area contributed by atoms with Gasteiger partial charge in [-0.2, -0.15) is 5.10 Å². The third kappa shape index (κ3) is 2.15. The summed E-state index contributed by atoms with van der Waals surface area (Å²) in [5.74, 6) is 0.663. The predicted octanol–water partition coefficient (Wildman–Crippen LogP) is 3.12. The summed E-state index contributed by atoms with van der Waals surface area (Å²) in [5.41, 5.74) is 1.07. The summed E-state index contributed by atoms with van der Waals surface area (Å²) >= 11 is 0. The summed E-state index contributed by atoms with van der Waals surface area (Å²) in [6, 6.07) is 2.97. The topological polar surface area (TPSA) is 45.5 Å². The van der Waals surface area contributed by atoms with E-state index in [0.717, 1.165) is 25.9 Å². The second-order valence-electron chi connectivity index (χ2n) is 5.19. The summed E-state index contributed by atoms with van der Waals surface area (Å²) in [5, 5.41) is 4.31. The molecule has 21 heavy (non-hydrogen) atoms. The van der Waals surface area contributed by atoms with E-state index in [1.807, 2.05) is 0 Å². The number of aromatic nitrogens is 2. The van der Waals surface area contributed by atoms with E-state index < -0.39 is 0 Å². The summed E-state index contributed by atoms with van der Waals surface area (Å²) < 4.78 is 32.3. The monoisotopic (exact) mass is 290 g/mol. The van der Waals surface area contributed by atoms with Crippen LogP contribution in [-0.2, 0) is 4.74 Å². The zero-order valence-electron chi connectivity index (χ0n) is 11.4. The maximum atomic E-state index is 14.2. The Labute approximate surface area is 121 Å². The van der Waals surface area contributed by atoms with Crippen molar-refractivity contribution < 1.29 is 18.6 Å². The second-order valence-corrected chi connectivity index (χ2v) is 5.19. The third-order valence-corrected chi connectivity index (χ3v) is 3.83. The van der Waals surface area contributed by atoms with Crippen molar-refractivity contribution in [3.8, 4) is 22.6 Å². The van der Waals surface area contributed by atoms with Crippen molar-refractivity contribution in [1.82, 2.24) is 9.78 Å². The average molecular weight is 290 g/mol. The van der Waals surface area contributed by atoms with E-state index in [4.69, 9.17) is 14.2 Å². The quantitative estimate of drug-likeness (QED) is 0.852. The standard InChI is InChI=1S/C15H15FN2O3/c16-11-4-5-12-15(21-9-20-12)14(11)10-7-17-18(8-10)13-3-1-2-6-19-13/h4-5,7-8,13H,1-3,6,9H2. The lowest BCUT2D eigenvalue weighted by Gasteiger charge is -2.22. The van der Waals surface area contributed by atoms with Crippen LogP contribution in [0.3, 0.4) is 0 Å². The Kier molecular flexibility index (Phi) is 3.03. The number of rotatable bonds is 2. The fourth-order valence-corrected chi connectivity index (χ4v) is 2.77. The molecule has 2 aromatic rings. The van der Waals surface area contributed by atoms with Gasteiger partial charge in [-0.15, -0.1) is 0 Å². The van der Waals surface area contributed by atoms with E-state index in [2.05, 4.69) is 5.10 Å². The van der Waals surface area contributed by atoms with Crippen molar-refractivity contribution in [3.63, 3.8) is 0 Å². The molecule has 0 spiro atoms. The molecule has 0 N–H and O–H groups in total. The van der Waals surface area contributed by atoms with Crippen molar-refractivity contribution in [2.75, 3.05) is 13.4 Å². The molecule has 110 valence electrons. The molecule has 1 saturated heterocycles. The first-order valence-corrected chi connectivity index (χ1v) is 7.07. The van der Waals surface area contributed by atoms with Gasteiger partial charge in [-0.1, -0.05) is 0 Å². The molecule has 2 aliphatic heterocycles. The lowest BCUT2D eigenvalue weighted by Crippen LogP contribution is -2.18. The Morgan fingerprint density at radius 3 is 3.05 bits per heavy atom. The summed E-state index contributed by atoms with van der Waals surface area (Å²) in [6.45, 7) is 0.859. The van der Waals surface area contributed by atoms with Crippen molar-refractivity contribution in [2.45, 2.75) is 25.5 Å². The van der Waals surface area contributed by atoms with Gasteiger partial charge in [-0.05, 0) is 31.4 Å². The molecule has 0 aliphatic carbocycles. The van der Waals surface area contributed by atoms with Crippen LogP contribution in [0.5, 0.6) is 11.5 Å². The molecule has 1 fully saturated rings. The highest BCUT2D eigenvalue weighted by atomic mass is 19.1. The first-order chi connectivity index (χ1) is 10.3. The summed E-state index contributed by atoms with van der Waals surface area (Å²) in [7, 11) is 0. The fourth-order valence-electron chi connectivity index (χ4n) is 2.77. The molecule has 0 radical (unpaired) electrons. The molecule has 1 unspecified atom stereocenters. The van der Waals surface area contributed by atoms with Crippen LogP contribution in [-0.4, -0.2) is 23.2 Å².